The Hall–Kier alpha value is -4.89. The van der Waals surface area contributed by atoms with Crippen LogP contribution in [0.1, 0.15) is 24.8 Å². The Labute approximate surface area is 252 Å². The molecular formula is C40H33FN2. The molecule has 43 heavy (non-hydrogen) atoms. The summed E-state index contributed by atoms with van der Waals surface area (Å²) in [7, 11) is 0. The molecule has 4 aromatic carbocycles. The molecule has 8 rings (SSSR count). The monoisotopic (exact) mass is 560 g/mol. The average molecular weight is 561 g/mol. The molecule has 210 valence electrons. The van der Waals surface area contributed by atoms with Gasteiger partial charge in [-0.05, 0) is 83.5 Å². The van der Waals surface area contributed by atoms with Gasteiger partial charge in [-0.3, -0.25) is 0 Å². The molecular weight excluding hydrogens is 527 g/mol. The Bertz CT molecular complexity index is 1940. The molecule has 0 amide bonds. The highest BCUT2D eigenvalue weighted by Crippen LogP contribution is 2.43. The average Bonchev–Trinajstić information content (AvgIpc) is 3.65. The van der Waals surface area contributed by atoms with Crippen LogP contribution >= 0.6 is 0 Å². The summed E-state index contributed by atoms with van der Waals surface area (Å²) in [5, 5.41) is 1.22. The summed E-state index contributed by atoms with van der Waals surface area (Å²) in [6.07, 6.45) is 15.3. The van der Waals surface area contributed by atoms with Gasteiger partial charge < -0.3 is 9.47 Å². The van der Waals surface area contributed by atoms with E-state index in [2.05, 4.69) is 137 Å². The zero-order chi connectivity index (χ0) is 28.8. The number of halogens is 1. The van der Waals surface area contributed by atoms with Crippen molar-refractivity contribution in [1.82, 2.24) is 4.57 Å². The van der Waals surface area contributed by atoms with Crippen LogP contribution in [0.3, 0.4) is 0 Å². The first-order chi connectivity index (χ1) is 21.2. The summed E-state index contributed by atoms with van der Waals surface area (Å²) in [4.78, 5) is 2.49. The predicted octanol–water partition coefficient (Wildman–Crippen LogP) is 10.2. The number of allylic oxidation sites excluding steroid dienone is 5. The molecule has 3 aliphatic rings. The van der Waals surface area contributed by atoms with Gasteiger partial charge >= 0.3 is 0 Å². The molecule has 0 bridgehead atoms. The Morgan fingerprint density at radius 1 is 0.698 bits per heavy atom. The molecule has 2 unspecified atom stereocenters. The first kappa shape index (κ1) is 25.8. The lowest BCUT2D eigenvalue weighted by atomic mass is 9.95. The second-order valence-electron chi connectivity index (χ2n) is 11.7. The normalized spacial score (nSPS) is 19.4. The van der Waals surface area contributed by atoms with Crippen molar-refractivity contribution in [3.05, 3.63) is 156 Å². The lowest BCUT2D eigenvalue weighted by molar-refractivity contribution is 0.399. The molecule has 0 N–H and O–H groups in total. The Morgan fingerprint density at radius 2 is 1.49 bits per heavy atom. The highest BCUT2D eigenvalue weighted by Gasteiger charge is 2.34. The number of hydrogen-bond acceptors (Lipinski definition) is 1. The molecule has 0 radical (unpaired) electrons. The number of rotatable bonds is 5. The van der Waals surface area contributed by atoms with Crippen LogP contribution < -0.4 is 4.90 Å². The van der Waals surface area contributed by atoms with E-state index in [1.165, 1.54) is 55.8 Å². The molecule has 1 aliphatic heterocycles. The lowest BCUT2D eigenvalue weighted by Crippen LogP contribution is -2.33. The summed E-state index contributed by atoms with van der Waals surface area (Å²) in [6.45, 7) is 0. The van der Waals surface area contributed by atoms with E-state index in [9.17, 15) is 4.39 Å². The van der Waals surface area contributed by atoms with Gasteiger partial charge in [-0.25, -0.2) is 4.39 Å². The summed E-state index contributed by atoms with van der Waals surface area (Å²) in [5.41, 5.74) is 12.2. The largest absolute Gasteiger partial charge is 0.334 e. The smallest absolute Gasteiger partial charge is 0.122 e. The number of benzene rings is 4. The van der Waals surface area contributed by atoms with E-state index < -0.39 is 6.17 Å². The number of para-hydroxylation sites is 1. The maximum atomic E-state index is 14.0. The molecule has 2 atom stereocenters. The molecule has 2 aliphatic carbocycles. The van der Waals surface area contributed by atoms with Gasteiger partial charge in [0.15, 0.2) is 0 Å². The van der Waals surface area contributed by atoms with E-state index in [1.54, 1.807) is 6.08 Å². The van der Waals surface area contributed by atoms with Crippen LogP contribution in [0.4, 0.5) is 10.1 Å². The van der Waals surface area contributed by atoms with Crippen LogP contribution in [0.25, 0.3) is 39.0 Å². The van der Waals surface area contributed by atoms with Crippen molar-refractivity contribution in [3.8, 4) is 28.1 Å². The Balaban J connectivity index is 1.25. The summed E-state index contributed by atoms with van der Waals surface area (Å²) in [6, 6.07) is 37.5. The third-order valence-electron chi connectivity index (χ3n) is 9.01. The zero-order valence-corrected chi connectivity index (χ0v) is 24.0. The van der Waals surface area contributed by atoms with Gasteiger partial charge in [-0.15, -0.1) is 0 Å². The van der Waals surface area contributed by atoms with E-state index in [4.69, 9.17) is 0 Å². The van der Waals surface area contributed by atoms with Gasteiger partial charge in [0, 0.05) is 28.9 Å². The fraction of sp³-hybridized carbons (Fsp3) is 0.150. The van der Waals surface area contributed by atoms with E-state index >= 15 is 0 Å². The lowest BCUT2D eigenvalue weighted by Gasteiger charge is -2.31. The fourth-order valence-corrected chi connectivity index (χ4v) is 6.89. The van der Waals surface area contributed by atoms with Crippen molar-refractivity contribution < 1.29 is 4.39 Å². The van der Waals surface area contributed by atoms with Gasteiger partial charge in [0.1, 0.15) is 6.17 Å². The predicted molar refractivity (Wildman–Crippen MR) is 177 cm³/mol. The minimum atomic E-state index is -0.881. The second kappa shape index (κ2) is 10.7. The van der Waals surface area contributed by atoms with Crippen LogP contribution in [-0.4, -0.2) is 16.8 Å². The van der Waals surface area contributed by atoms with Crippen LogP contribution in [0, 0.1) is 0 Å². The number of fused-ring (bicyclic) bond motifs is 2. The first-order valence-electron chi connectivity index (χ1n) is 15.3. The van der Waals surface area contributed by atoms with Gasteiger partial charge in [-0.2, -0.15) is 0 Å². The van der Waals surface area contributed by atoms with Crippen molar-refractivity contribution in [2.75, 3.05) is 4.90 Å². The molecule has 0 spiro atoms. The van der Waals surface area contributed by atoms with Crippen molar-refractivity contribution in [2.24, 2.45) is 0 Å². The summed E-state index contributed by atoms with van der Waals surface area (Å²) < 4.78 is 16.4. The highest BCUT2D eigenvalue weighted by molar-refractivity contribution is 5.92. The molecule has 1 aromatic heterocycles. The van der Waals surface area contributed by atoms with Crippen molar-refractivity contribution in [3.63, 3.8) is 0 Å². The second-order valence-corrected chi connectivity index (χ2v) is 11.7. The maximum Gasteiger partial charge on any atom is 0.122 e. The standard InChI is InChI=1S/C40H33FN2/c41-34-22-20-29(21-23-34)38-27-33-19-17-31(25-40(33)43(38)36-14-8-3-9-15-36)30-16-18-32-26-37(28-10-4-1-5-11-28)42(39(32)24-30)35-12-6-2-7-13-35/h1-2,4-8,10-22,24-26,34,38H,3,9,23,27H2. The van der Waals surface area contributed by atoms with Crippen LogP contribution in [0.15, 0.2) is 151 Å². The van der Waals surface area contributed by atoms with Crippen LogP contribution in [0.2, 0.25) is 0 Å². The minimum Gasteiger partial charge on any atom is -0.334 e. The molecule has 0 saturated heterocycles. The first-order valence-corrected chi connectivity index (χ1v) is 15.3. The Kier molecular flexibility index (Phi) is 6.44. The molecule has 0 saturated carbocycles. The topological polar surface area (TPSA) is 8.17 Å². The van der Waals surface area contributed by atoms with Crippen molar-refractivity contribution in [2.45, 2.75) is 37.9 Å². The molecule has 0 fully saturated rings. The number of anilines is 1. The quantitative estimate of drug-likeness (QED) is 0.208. The van der Waals surface area contributed by atoms with Crippen molar-refractivity contribution >= 4 is 16.6 Å². The third-order valence-corrected chi connectivity index (χ3v) is 9.01. The molecule has 2 nitrogen and oxygen atoms in total. The minimum absolute atomic E-state index is 0.175. The number of alkyl halides is 1. The highest BCUT2D eigenvalue weighted by atomic mass is 19.1. The van der Waals surface area contributed by atoms with Gasteiger partial charge in [0.25, 0.3) is 0 Å². The number of nitrogens with zero attached hydrogens (tertiary/aromatic N) is 2. The fourth-order valence-electron chi connectivity index (χ4n) is 6.89. The zero-order valence-electron chi connectivity index (χ0n) is 24.0. The molecule has 3 heteroatoms. The van der Waals surface area contributed by atoms with E-state index in [0.29, 0.717) is 6.42 Å². The maximum absolute atomic E-state index is 14.0. The van der Waals surface area contributed by atoms with Gasteiger partial charge in [0.2, 0.25) is 0 Å². The SMILES string of the molecule is FC1C=CC(C2Cc3ccc(-c4ccc5cc(-c6ccccc6)n(-c6ccccc6)c5c4)cc3N2C2=CCCC=C2)=CC1. The van der Waals surface area contributed by atoms with E-state index in [0.717, 1.165) is 24.9 Å². The number of hydrogen-bond donors (Lipinski definition) is 0. The van der Waals surface area contributed by atoms with Gasteiger partial charge in [0.05, 0.1) is 17.3 Å². The number of aromatic nitrogens is 1. The van der Waals surface area contributed by atoms with E-state index in [1.807, 2.05) is 6.08 Å². The van der Waals surface area contributed by atoms with Gasteiger partial charge in [-0.1, -0.05) is 103 Å². The Morgan fingerprint density at radius 3 is 2.26 bits per heavy atom. The summed E-state index contributed by atoms with van der Waals surface area (Å²) in [5.74, 6) is 0. The van der Waals surface area contributed by atoms with E-state index in [-0.39, 0.29) is 6.04 Å². The third kappa shape index (κ3) is 4.66. The van der Waals surface area contributed by atoms with Crippen LogP contribution in [-0.2, 0) is 6.42 Å². The van der Waals surface area contributed by atoms with Crippen molar-refractivity contribution in [1.29, 1.82) is 0 Å². The summed E-state index contributed by atoms with van der Waals surface area (Å²) >= 11 is 0. The molecule has 2 heterocycles. The molecule has 5 aromatic rings. The van der Waals surface area contributed by atoms with Crippen LogP contribution in [0.5, 0.6) is 0 Å².